The first-order valence-electron chi connectivity index (χ1n) is 10.00. The topological polar surface area (TPSA) is 84.3 Å². The van der Waals surface area contributed by atoms with Crippen LogP contribution in [0.15, 0.2) is 60.8 Å². The number of nitrogens with zero attached hydrogens (tertiary/aromatic N) is 3. The number of carbonyl (C=O) groups excluding carboxylic acids is 1. The summed E-state index contributed by atoms with van der Waals surface area (Å²) in [4.78, 5) is 12.7. The van der Waals surface area contributed by atoms with Crippen molar-refractivity contribution in [1.82, 2.24) is 15.1 Å². The molecule has 7 nitrogen and oxygen atoms in total. The second kappa shape index (κ2) is 8.31. The molecule has 30 heavy (non-hydrogen) atoms. The molecule has 0 unspecified atom stereocenters. The molecule has 1 N–H and O–H groups in total. The molecule has 1 aliphatic heterocycles. The van der Waals surface area contributed by atoms with Crippen molar-refractivity contribution in [3.05, 3.63) is 77.6 Å². The molecular weight excluding hydrogens is 400 g/mol. The van der Waals surface area contributed by atoms with Crippen LogP contribution in [0.1, 0.15) is 28.5 Å². The second-order valence-corrected chi connectivity index (χ2v) is 9.14. The van der Waals surface area contributed by atoms with Crippen molar-refractivity contribution in [2.24, 2.45) is 0 Å². The summed E-state index contributed by atoms with van der Waals surface area (Å²) >= 11 is 0. The van der Waals surface area contributed by atoms with E-state index in [1.165, 1.54) is 10.5 Å². The van der Waals surface area contributed by atoms with Crippen LogP contribution in [-0.4, -0.2) is 42.9 Å². The Morgan fingerprint density at radius 2 is 1.83 bits per heavy atom. The smallest absolute Gasteiger partial charge is 0.254 e. The molecule has 3 aromatic rings. The number of hydrogen-bond acceptors (Lipinski definition) is 4. The lowest BCUT2D eigenvalue weighted by molar-refractivity contribution is 0.0955. The second-order valence-electron chi connectivity index (χ2n) is 7.13. The van der Waals surface area contributed by atoms with Crippen LogP contribution < -0.4 is 9.62 Å². The molecule has 0 fully saturated rings. The number of amides is 1. The first-order chi connectivity index (χ1) is 14.5. The number of nitrogens with one attached hydrogen (secondary N) is 1. The van der Waals surface area contributed by atoms with Gasteiger partial charge in [-0.3, -0.25) is 9.10 Å². The van der Waals surface area contributed by atoms with E-state index in [0.717, 1.165) is 22.6 Å². The van der Waals surface area contributed by atoms with Crippen LogP contribution in [0.5, 0.6) is 0 Å². The Morgan fingerprint density at radius 3 is 2.60 bits per heavy atom. The average molecular weight is 425 g/mol. The van der Waals surface area contributed by atoms with Gasteiger partial charge in [-0.1, -0.05) is 43.3 Å². The van der Waals surface area contributed by atoms with Gasteiger partial charge >= 0.3 is 0 Å². The maximum atomic E-state index is 12.8. The number of sulfonamides is 1. The lowest BCUT2D eigenvalue weighted by Gasteiger charge is -2.19. The SMILES string of the molecule is CCc1c(C(=O)NCCS(=O)(=O)N2CCc3ccccc32)cnn1-c1ccccc1. The highest BCUT2D eigenvalue weighted by Gasteiger charge is 2.29. The van der Waals surface area contributed by atoms with E-state index in [9.17, 15) is 13.2 Å². The van der Waals surface area contributed by atoms with Crippen molar-refractivity contribution in [3.8, 4) is 5.69 Å². The van der Waals surface area contributed by atoms with Crippen LogP contribution in [0.25, 0.3) is 5.69 Å². The van der Waals surface area contributed by atoms with Gasteiger partial charge in [0.15, 0.2) is 0 Å². The van der Waals surface area contributed by atoms with Crippen molar-refractivity contribution in [1.29, 1.82) is 0 Å². The van der Waals surface area contributed by atoms with E-state index >= 15 is 0 Å². The molecule has 156 valence electrons. The minimum atomic E-state index is -3.51. The van der Waals surface area contributed by atoms with E-state index < -0.39 is 10.0 Å². The van der Waals surface area contributed by atoms with Gasteiger partial charge < -0.3 is 5.32 Å². The molecule has 0 spiro atoms. The van der Waals surface area contributed by atoms with E-state index in [1.54, 1.807) is 4.68 Å². The highest BCUT2D eigenvalue weighted by Crippen LogP contribution is 2.29. The summed E-state index contributed by atoms with van der Waals surface area (Å²) in [7, 11) is -3.51. The number of fused-ring (bicyclic) bond motifs is 1. The first kappa shape index (κ1) is 20.2. The van der Waals surface area contributed by atoms with Crippen molar-refractivity contribution in [2.75, 3.05) is 23.1 Å². The summed E-state index contributed by atoms with van der Waals surface area (Å²) in [5, 5.41) is 7.10. The minimum absolute atomic E-state index is 0.0412. The zero-order chi connectivity index (χ0) is 21.1. The normalized spacial score (nSPS) is 13.3. The molecule has 0 atom stereocenters. The summed E-state index contributed by atoms with van der Waals surface area (Å²) in [6, 6.07) is 17.1. The van der Waals surface area contributed by atoms with E-state index in [4.69, 9.17) is 0 Å². The Morgan fingerprint density at radius 1 is 1.10 bits per heavy atom. The maximum absolute atomic E-state index is 12.8. The molecule has 0 aliphatic carbocycles. The largest absolute Gasteiger partial charge is 0.351 e. The van der Waals surface area contributed by atoms with Crippen LogP contribution in [0.2, 0.25) is 0 Å². The molecule has 2 heterocycles. The van der Waals surface area contributed by atoms with Gasteiger partial charge in [0.25, 0.3) is 5.91 Å². The third-order valence-electron chi connectivity index (χ3n) is 5.28. The van der Waals surface area contributed by atoms with Gasteiger partial charge in [-0.2, -0.15) is 5.10 Å². The van der Waals surface area contributed by atoms with Gasteiger partial charge in [0, 0.05) is 13.1 Å². The van der Waals surface area contributed by atoms with Gasteiger partial charge in [0.05, 0.1) is 34.6 Å². The average Bonchev–Trinajstić information content (AvgIpc) is 3.39. The van der Waals surface area contributed by atoms with Crippen LogP contribution >= 0.6 is 0 Å². The van der Waals surface area contributed by atoms with Crippen molar-refractivity contribution < 1.29 is 13.2 Å². The van der Waals surface area contributed by atoms with Crippen molar-refractivity contribution in [3.63, 3.8) is 0 Å². The highest BCUT2D eigenvalue weighted by atomic mass is 32.2. The predicted molar refractivity (Wildman–Crippen MR) is 117 cm³/mol. The Labute approximate surface area is 176 Å². The Hall–Kier alpha value is -3.13. The molecule has 1 aromatic heterocycles. The summed E-state index contributed by atoms with van der Waals surface area (Å²) < 4.78 is 28.8. The predicted octanol–water partition coefficient (Wildman–Crippen LogP) is 2.56. The van der Waals surface area contributed by atoms with Crippen LogP contribution in [0.3, 0.4) is 0 Å². The zero-order valence-corrected chi connectivity index (χ0v) is 17.6. The van der Waals surface area contributed by atoms with E-state index in [2.05, 4.69) is 10.4 Å². The molecule has 0 saturated carbocycles. The first-order valence-corrected chi connectivity index (χ1v) is 11.6. The van der Waals surface area contributed by atoms with Gasteiger partial charge in [-0.05, 0) is 36.6 Å². The number of anilines is 1. The molecule has 4 rings (SSSR count). The monoisotopic (exact) mass is 424 g/mol. The number of rotatable bonds is 7. The van der Waals surface area contributed by atoms with Gasteiger partial charge in [0.1, 0.15) is 0 Å². The fourth-order valence-corrected chi connectivity index (χ4v) is 5.22. The quantitative estimate of drug-likeness (QED) is 0.632. The van der Waals surface area contributed by atoms with Gasteiger partial charge in [-0.25, -0.2) is 13.1 Å². The zero-order valence-electron chi connectivity index (χ0n) is 16.8. The molecule has 0 saturated heterocycles. The third kappa shape index (κ3) is 3.82. The summed E-state index contributed by atoms with van der Waals surface area (Å²) in [6.07, 6.45) is 2.87. The third-order valence-corrected chi connectivity index (χ3v) is 7.05. The van der Waals surface area contributed by atoms with Crippen LogP contribution in [0, 0.1) is 0 Å². The van der Waals surface area contributed by atoms with Crippen LogP contribution in [-0.2, 0) is 22.9 Å². The highest BCUT2D eigenvalue weighted by molar-refractivity contribution is 7.92. The number of hydrogen-bond donors (Lipinski definition) is 1. The Balaban J connectivity index is 1.43. The fraction of sp³-hybridized carbons (Fsp3) is 0.273. The molecular formula is C22H24N4O3S. The van der Waals surface area contributed by atoms with Crippen molar-refractivity contribution in [2.45, 2.75) is 19.8 Å². The van der Waals surface area contributed by atoms with Gasteiger partial charge in [0.2, 0.25) is 10.0 Å². The van der Waals surface area contributed by atoms with E-state index in [0.29, 0.717) is 24.9 Å². The number of benzene rings is 2. The molecule has 1 amide bonds. The molecule has 1 aliphatic rings. The molecule has 0 bridgehead atoms. The number of para-hydroxylation sites is 2. The molecule has 2 aromatic carbocycles. The fourth-order valence-electron chi connectivity index (χ4n) is 3.79. The Bertz CT molecular complexity index is 1160. The molecule has 0 radical (unpaired) electrons. The standard InChI is InChI=1S/C22H24N4O3S/c1-2-20-19(16-24-26(20)18-9-4-3-5-10-18)22(27)23-13-15-30(28,29)25-14-12-17-8-6-7-11-21(17)25/h3-11,16H,2,12-15H2,1H3,(H,23,27). The summed E-state index contributed by atoms with van der Waals surface area (Å²) in [5.41, 5.74) is 3.90. The maximum Gasteiger partial charge on any atom is 0.254 e. The lowest BCUT2D eigenvalue weighted by Crippen LogP contribution is -2.37. The van der Waals surface area contributed by atoms with E-state index in [1.807, 2.05) is 61.5 Å². The van der Waals surface area contributed by atoms with Gasteiger partial charge in [-0.15, -0.1) is 0 Å². The summed E-state index contributed by atoms with van der Waals surface area (Å²) in [6.45, 7) is 2.45. The lowest BCUT2D eigenvalue weighted by atomic mass is 10.2. The number of carbonyl (C=O) groups is 1. The summed E-state index contributed by atoms with van der Waals surface area (Å²) in [5.74, 6) is -0.465. The number of aromatic nitrogens is 2. The van der Waals surface area contributed by atoms with Crippen molar-refractivity contribution >= 4 is 21.6 Å². The minimum Gasteiger partial charge on any atom is -0.351 e. The van der Waals surface area contributed by atoms with Crippen LogP contribution in [0.4, 0.5) is 5.69 Å². The van der Waals surface area contributed by atoms with E-state index in [-0.39, 0.29) is 18.2 Å². The Kier molecular flexibility index (Phi) is 5.59. The molecule has 8 heteroatoms.